The van der Waals surface area contributed by atoms with Crippen molar-refractivity contribution in [2.24, 2.45) is 0 Å². The zero-order valence-electron chi connectivity index (χ0n) is 18.2. The molecule has 0 N–H and O–H groups in total. The predicted molar refractivity (Wildman–Crippen MR) is 117 cm³/mol. The minimum atomic E-state index is -0.631. The third-order valence-corrected chi connectivity index (χ3v) is 7.91. The van der Waals surface area contributed by atoms with E-state index in [4.69, 9.17) is 14.2 Å². The van der Waals surface area contributed by atoms with E-state index in [1.165, 1.54) is 0 Å². The summed E-state index contributed by atoms with van der Waals surface area (Å²) in [5, 5.41) is 0. The predicted octanol–water partition coefficient (Wildman–Crippen LogP) is 3.00. The number of ketones is 1. The Labute approximate surface area is 189 Å². The Hall–Kier alpha value is -2.94. The lowest BCUT2D eigenvalue weighted by Crippen LogP contribution is -2.46. The molecule has 1 aromatic carbocycles. The van der Waals surface area contributed by atoms with Gasteiger partial charge in [-0.05, 0) is 45.4 Å². The number of carbonyl (C=O) groups excluding carboxylic acids is 3. The topological polar surface area (TPSA) is 87.1 Å². The van der Waals surface area contributed by atoms with E-state index < -0.39 is 12.0 Å². The molecule has 2 fully saturated rings. The average molecular weight is 457 g/mol. The van der Waals surface area contributed by atoms with Crippen molar-refractivity contribution in [1.82, 2.24) is 9.47 Å². The van der Waals surface area contributed by atoms with Crippen LogP contribution in [0.5, 0.6) is 11.5 Å². The lowest BCUT2D eigenvalue weighted by molar-refractivity contribution is -0.152. The van der Waals surface area contributed by atoms with Crippen molar-refractivity contribution in [3.05, 3.63) is 41.2 Å². The zero-order chi connectivity index (χ0) is 22.6. The molecule has 0 bridgehead atoms. The Kier molecular flexibility index (Phi) is 4.96. The second-order valence-electron chi connectivity index (χ2n) is 8.45. The highest BCUT2D eigenvalue weighted by atomic mass is 32.2. The number of benzene rings is 1. The molecule has 2 aromatic rings. The smallest absolute Gasteiger partial charge is 0.330 e. The Balaban J connectivity index is 1.30. The molecule has 0 spiro atoms. The van der Waals surface area contributed by atoms with Crippen LogP contribution in [-0.2, 0) is 14.3 Å². The number of nitrogens with zero attached hydrogens (tertiary/aromatic N) is 2. The molecule has 8 nitrogen and oxygen atoms in total. The van der Waals surface area contributed by atoms with Crippen molar-refractivity contribution in [3.8, 4) is 17.2 Å². The molecule has 3 aliphatic rings. The molecule has 9 heteroatoms. The van der Waals surface area contributed by atoms with Crippen LogP contribution in [0, 0.1) is 13.8 Å². The van der Waals surface area contributed by atoms with Crippen LogP contribution in [0.1, 0.15) is 41.5 Å². The van der Waals surface area contributed by atoms with Crippen LogP contribution in [0.4, 0.5) is 0 Å². The molecular formula is C23H24N2O6S. The fourth-order valence-electron chi connectivity index (χ4n) is 4.77. The minimum Gasteiger partial charge on any atom is -0.456 e. The highest BCUT2D eigenvalue weighted by Gasteiger charge is 2.53. The molecule has 2 saturated heterocycles. The average Bonchev–Trinajstić information content (AvgIpc) is 3.50. The van der Waals surface area contributed by atoms with E-state index in [0.29, 0.717) is 29.2 Å². The van der Waals surface area contributed by atoms with E-state index in [2.05, 4.69) is 0 Å². The summed E-state index contributed by atoms with van der Waals surface area (Å²) in [5.74, 6) is 1.02. The molecular weight excluding hydrogens is 432 g/mol. The fraction of sp³-hybridized carbons (Fsp3) is 0.435. The number of Topliss-reactive ketones (excluding diaryl/α,β-unsaturated/α-hetero) is 1. The highest BCUT2D eigenvalue weighted by molar-refractivity contribution is 8.01. The van der Waals surface area contributed by atoms with E-state index >= 15 is 0 Å². The summed E-state index contributed by atoms with van der Waals surface area (Å²) in [4.78, 5) is 39.1. The molecule has 1 aromatic heterocycles. The van der Waals surface area contributed by atoms with Crippen LogP contribution in [0.3, 0.4) is 0 Å². The maximum Gasteiger partial charge on any atom is 0.330 e. The standard InChI is InChI=1S/C23H24N2O6S/c1-13-8-16(14(2)24(13)15-4-5-19-20(9-15)31-12-30-19)18(26)10-29-22(28)17-11-32-23(3)7-6-21(27)25(17)23/h4-5,8-9,17H,6-7,10-12H2,1-3H3/t17-,23-/m1/s1. The number of hydrogen-bond acceptors (Lipinski definition) is 7. The van der Waals surface area contributed by atoms with Gasteiger partial charge in [0, 0.05) is 40.9 Å². The first-order valence-electron chi connectivity index (χ1n) is 10.5. The molecule has 0 saturated carbocycles. The van der Waals surface area contributed by atoms with Crippen LogP contribution < -0.4 is 9.47 Å². The maximum atomic E-state index is 12.9. The molecule has 0 unspecified atom stereocenters. The zero-order valence-corrected chi connectivity index (χ0v) is 19.0. The molecule has 5 rings (SSSR count). The quantitative estimate of drug-likeness (QED) is 0.505. The number of hydrogen-bond donors (Lipinski definition) is 0. The summed E-state index contributed by atoms with van der Waals surface area (Å²) in [6.07, 6.45) is 1.17. The van der Waals surface area contributed by atoms with Crippen LogP contribution in [0.25, 0.3) is 5.69 Å². The summed E-state index contributed by atoms with van der Waals surface area (Å²) in [7, 11) is 0. The summed E-state index contributed by atoms with van der Waals surface area (Å²) in [6.45, 7) is 5.58. The van der Waals surface area contributed by atoms with Gasteiger partial charge in [0.2, 0.25) is 18.5 Å². The van der Waals surface area contributed by atoms with Gasteiger partial charge in [-0.2, -0.15) is 0 Å². The van der Waals surface area contributed by atoms with E-state index in [1.807, 2.05) is 43.5 Å². The van der Waals surface area contributed by atoms with Gasteiger partial charge in [-0.3, -0.25) is 9.59 Å². The number of ether oxygens (including phenoxy) is 3. The van der Waals surface area contributed by atoms with Gasteiger partial charge in [-0.1, -0.05) is 0 Å². The third-order valence-electron chi connectivity index (χ3n) is 6.41. The molecule has 4 heterocycles. The number of rotatable bonds is 5. The van der Waals surface area contributed by atoms with Crippen molar-refractivity contribution in [2.45, 2.75) is 44.5 Å². The van der Waals surface area contributed by atoms with Crippen LogP contribution in [0.2, 0.25) is 0 Å². The number of esters is 1. The molecule has 3 aliphatic heterocycles. The first kappa shape index (κ1) is 20.9. The normalized spacial score (nSPS) is 23.5. The van der Waals surface area contributed by atoms with Gasteiger partial charge in [0.1, 0.15) is 6.04 Å². The van der Waals surface area contributed by atoms with Crippen molar-refractivity contribution >= 4 is 29.4 Å². The highest BCUT2D eigenvalue weighted by Crippen LogP contribution is 2.47. The molecule has 32 heavy (non-hydrogen) atoms. The van der Waals surface area contributed by atoms with E-state index in [9.17, 15) is 14.4 Å². The van der Waals surface area contributed by atoms with Gasteiger partial charge >= 0.3 is 5.97 Å². The summed E-state index contributed by atoms with van der Waals surface area (Å²) >= 11 is 1.60. The van der Waals surface area contributed by atoms with Gasteiger partial charge in [0.25, 0.3) is 0 Å². The second-order valence-corrected chi connectivity index (χ2v) is 9.96. The number of aromatic nitrogens is 1. The maximum absolute atomic E-state index is 12.9. The first-order valence-corrected chi connectivity index (χ1v) is 11.5. The van der Waals surface area contributed by atoms with Gasteiger partial charge in [0.05, 0.1) is 4.87 Å². The summed E-state index contributed by atoms with van der Waals surface area (Å²) in [6, 6.07) is 6.78. The monoisotopic (exact) mass is 456 g/mol. The largest absolute Gasteiger partial charge is 0.456 e. The van der Waals surface area contributed by atoms with E-state index in [1.54, 1.807) is 22.7 Å². The van der Waals surface area contributed by atoms with Gasteiger partial charge in [-0.15, -0.1) is 11.8 Å². The van der Waals surface area contributed by atoms with Crippen molar-refractivity contribution in [2.75, 3.05) is 19.2 Å². The summed E-state index contributed by atoms with van der Waals surface area (Å²) in [5.41, 5.74) is 2.98. The van der Waals surface area contributed by atoms with Gasteiger partial charge in [0.15, 0.2) is 18.1 Å². The number of carbonyl (C=O) groups is 3. The third kappa shape index (κ3) is 3.26. The minimum absolute atomic E-state index is 0.0296. The Morgan fingerprint density at radius 1 is 1.22 bits per heavy atom. The molecule has 0 aliphatic carbocycles. The Bertz CT molecular complexity index is 1140. The number of thioether (sulfide) groups is 1. The lowest BCUT2D eigenvalue weighted by Gasteiger charge is -2.29. The molecule has 168 valence electrons. The van der Waals surface area contributed by atoms with Gasteiger partial charge < -0.3 is 23.7 Å². The van der Waals surface area contributed by atoms with Crippen molar-refractivity contribution < 1.29 is 28.6 Å². The van der Waals surface area contributed by atoms with Gasteiger partial charge in [-0.25, -0.2) is 4.79 Å². The molecule has 1 amide bonds. The van der Waals surface area contributed by atoms with Crippen LogP contribution in [-0.4, -0.2) is 57.2 Å². The Morgan fingerprint density at radius 3 is 2.81 bits per heavy atom. The Morgan fingerprint density at radius 2 is 2.00 bits per heavy atom. The molecule has 0 radical (unpaired) electrons. The number of fused-ring (bicyclic) bond motifs is 2. The number of aryl methyl sites for hydroxylation is 1. The van der Waals surface area contributed by atoms with Crippen LogP contribution in [0.15, 0.2) is 24.3 Å². The number of amides is 1. The van der Waals surface area contributed by atoms with E-state index in [0.717, 1.165) is 23.5 Å². The SMILES string of the molecule is Cc1cc(C(=O)COC(=O)[C@H]2CS[C@]3(C)CCC(=O)N23)c(C)n1-c1ccc2c(c1)OCO2. The second kappa shape index (κ2) is 7.58. The fourth-order valence-corrected chi connectivity index (χ4v) is 6.19. The molecule has 2 atom stereocenters. The summed E-state index contributed by atoms with van der Waals surface area (Å²) < 4.78 is 18.2. The lowest BCUT2D eigenvalue weighted by atomic mass is 10.1. The van der Waals surface area contributed by atoms with E-state index in [-0.39, 0.29) is 30.0 Å². The van der Waals surface area contributed by atoms with Crippen molar-refractivity contribution in [3.63, 3.8) is 0 Å². The van der Waals surface area contributed by atoms with Crippen LogP contribution >= 0.6 is 11.8 Å². The van der Waals surface area contributed by atoms with Crippen molar-refractivity contribution in [1.29, 1.82) is 0 Å². The first-order chi connectivity index (χ1) is 15.3.